The molecule has 76 valence electrons. The summed E-state index contributed by atoms with van der Waals surface area (Å²) in [6.45, 7) is 1.58. The Balaban J connectivity index is 2.29. The minimum atomic E-state index is -0.0257. The van der Waals surface area contributed by atoms with Crippen molar-refractivity contribution in [1.29, 1.82) is 0 Å². The van der Waals surface area contributed by atoms with Gasteiger partial charge in [-0.05, 0) is 30.0 Å². The maximum atomic E-state index is 5.88. The Hall–Kier alpha value is -1.06. The third-order valence-electron chi connectivity index (χ3n) is 2.75. The average Bonchev–Trinajstić information content (AvgIpc) is 2.27. The second kappa shape index (κ2) is 3.98. The predicted octanol–water partition coefficient (Wildman–Crippen LogP) is 1.00. The zero-order valence-electron chi connectivity index (χ0n) is 8.29. The van der Waals surface area contributed by atoms with Crippen molar-refractivity contribution in [2.75, 3.05) is 18.4 Å². The van der Waals surface area contributed by atoms with Crippen LogP contribution in [0.15, 0.2) is 18.2 Å². The van der Waals surface area contributed by atoms with Crippen LogP contribution < -0.4 is 16.8 Å². The van der Waals surface area contributed by atoms with E-state index in [9.17, 15) is 0 Å². The van der Waals surface area contributed by atoms with Crippen molar-refractivity contribution < 1.29 is 0 Å². The first-order valence-corrected chi connectivity index (χ1v) is 5.13. The normalized spacial score (nSPS) is 17.0. The lowest BCUT2D eigenvalue weighted by Gasteiger charge is -2.20. The van der Waals surface area contributed by atoms with Gasteiger partial charge in [0.05, 0.1) is 0 Å². The molecule has 14 heavy (non-hydrogen) atoms. The monoisotopic (exact) mass is 191 g/mol. The quantitative estimate of drug-likeness (QED) is 0.653. The summed E-state index contributed by atoms with van der Waals surface area (Å²) in [6, 6.07) is 6.33. The minimum Gasteiger partial charge on any atom is -0.385 e. The number of aryl methyl sites for hydroxylation is 1. The molecule has 0 fully saturated rings. The summed E-state index contributed by atoms with van der Waals surface area (Å²) in [6.07, 6.45) is 2.35. The molecule has 1 aliphatic rings. The van der Waals surface area contributed by atoms with Gasteiger partial charge in [-0.2, -0.15) is 0 Å². The van der Waals surface area contributed by atoms with Gasteiger partial charge in [0.25, 0.3) is 0 Å². The molecule has 1 heterocycles. The number of anilines is 1. The van der Waals surface area contributed by atoms with Crippen LogP contribution in [0.25, 0.3) is 0 Å². The van der Waals surface area contributed by atoms with E-state index in [4.69, 9.17) is 11.5 Å². The van der Waals surface area contributed by atoms with Gasteiger partial charge in [-0.25, -0.2) is 0 Å². The van der Waals surface area contributed by atoms with Crippen LogP contribution in [0.3, 0.4) is 0 Å². The number of rotatable bonds is 2. The molecule has 0 aliphatic carbocycles. The highest BCUT2D eigenvalue weighted by Gasteiger charge is 2.10. The Morgan fingerprint density at radius 1 is 1.43 bits per heavy atom. The maximum absolute atomic E-state index is 5.88. The largest absolute Gasteiger partial charge is 0.385 e. The molecule has 1 aliphatic heterocycles. The molecule has 0 saturated heterocycles. The molecule has 5 N–H and O–H groups in total. The number of benzene rings is 1. The van der Waals surface area contributed by atoms with Gasteiger partial charge < -0.3 is 16.8 Å². The first kappa shape index (κ1) is 9.49. The summed E-state index contributed by atoms with van der Waals surface area (Å²) in [4.78, 5) is 0. The third-order valence-corrected chi connectivity index (χ3v) is 2.75. The number of hydrogen-bond donors (Lipinski definition) is 3. The summed E-state index contributed by atoms with van der Waals surface area (Å²) < 4.78 is 0. The molecule has 0 bridgehead atoms. The summed E-state index contributed by atoms with van der Waals surface area (Å²) >= 11 is 0. The highest BCUT2D eigenvalue weighted by molar-refractivity contribution is 5.54. The molecule has 0 aromatic heterocycles. The van der Waals surface area contributed by atoms with Gasteiger partial charge in [0.15, 0.2) is 0 Å². The van der Waals surface area contributed by atoms with Crippen molar-refractivity contribution in [3.05, 3.63) is 29.3 Å². The van der Waals surface area contributed by atoms with Crippen molar-refractivity contribution in [1.82, 2.24) is 0 Å². The van der Waals surface area contributed by atoms with Gasteiger partial charge in [-0.3, -0.25) is 0 Å². The average molecular weight is 191 g/mol. The molecule has 1 atom stereocenters. The van der Waals surface area contributed by atoms with Gasteiger partial charge in [0.1, 0.15) is 0 Å². The van der Waals surface area contributed by atoms with Gasteiger partial charge in [-0.15, -0.1) is 0 Å². The molecule has 0 spiro atoms. The Bertz CT molecular complexity index is 322. The Morgan fingerprint density at radius 3 is 3.07 bits per heavy atom. The highest BCUT2D eigenvalue weighted by Crippen LogP contribution is 2.24. The van der Waals surface area contributed by atoms with Crippen LogP contribution in [0.2, 0.25) is 0 Å². The molecular formula is C11H17N3. The summed E-state index contributed by atoms with van der Waals surface area (Å²) in [5.41, 5.74) is 15.2. The fraction of sp³-hybridized carbons (Fsp3) is 0.455. The topological polar surface area (TPSA) is 64.1 Å². The lowest BCUT2D eigenvalue weighted by molar-refractivity contribution is 0.732. The van der Waals surface area contributed by atoms with E-state index in [1.807, 2.05) is 0 Å². The standard InChI is InChI=1S/C11H17N3/c12-7-10(13)8-3-4-11-9(6-8)2-1-5-14-11/h3-4,6,10,14H,1-2,5,7,12-13H2/t10-/m1/s1. The van der Waals surface area contributed by atoms with E-state index in [-0.39, 0.29) is 6.04 Å². The van der Waals surface area contributed by atoms with E-state index in [0.717, 1.165) is 18.5 Å². The number of nitrogens with one attached hydrogen (secondary N) is 1. The molecular weight excluding hydrogens is 174 g/mol. The van der Waals surface area contributed by atoms with Crippen molar-refractivity contribution in [2.45, 2.75) is 18.9 Å². The first-order chi connectivity index (χ1) is 6.81. The molecule has 0 saturated carbocycles. The SMILES string of the molecule is NC[C@@H](N)c1ccc2c(c1)CCCN2. The van der Waals surface area contributed by atoms with E-state index in [1.54, 1.807) is 0 Å². The zero-order valence-corrected chi connectivity index (χ0v) is 8.29. The van der Waals surface area contributed by atoms with Gasteiger partial charge in [-0.1, -0.05) is 12.1 Å². The fourth-order valence-corrected chi connectivity index (χ4v) is 1.86. The maximum Gasteiger partial charge on any atom is 0.0419 e. The summed E-state index contributed by atoms with van der Waals surface area (Å²) in [5.74, 6) is 0. The Morgan fingerprint density at radius 2 is 2.29 bits per heavy atom. The van der Waals surface area contributed by atoms with Gasteiger partial charge in [0.2, 0.25) is 0 Å². The van der Waals surface area contributed by atoms with Gasteiger partial charge >= 0.3 is 0 Å². The molecule has 0 amide bonds. The van der Waals surface area contributed by atoms with Crippen LogP contribution in [-0.4, -0.2) is 13.1 Å². The van der Waals surface area contributed by atoms with Gasteiger partial charge in [0, 0.05) is 24.8 Å². The third kappa shape index (κ3) is 1.74. The van der Waals surface area contributed by atoms with Crippen LogP contribution >= 0.6 is 0 Å². The smallest absolute Gasteiger partial charge is 0.0419 e. The predicted molar refractivity (Wildman–Crippen MR) is 59.2 cm³/mol. The second-order valence-electron chi connectivity index (χ2n) is 3.79. The van der Waals surface area contributed by atoms with Crippen LogP contribution in [0.1, 0.15) is 23.6 Å². The zero-order chi connectivity index (χ0) is 9.97. The first-order valence-electron chi connectivity index (χ1n) is 5.13. The molecule has 0 unspecified atom stereocenters. The van der Waals surface area contributed by atoms with Crippen LogP contribution in [0.4, 0.5) is 5.69 Å². The highest BCUT2D eigenvalue weighted by atomic mass is 14.9. The number of fused-ring (bicyclic) bond motifs is 1. The lowest BCUT2D eigenvalue weighted by Crippen LogP contribution is -2.21. The molecule has 0 radical (unpaired) electrons. The van der Waals surface area contributed by atoms with E-state index in [1.165, 1.54) is 17.7 Å². The minimum absolute atomic E-state index is 0.0257. The van der Waals surface area contributed by atoms with Crippen LogP contribution in [0, 0.1) is 0 Å². The van der Waals surface area contributed by atoms with Crippen molar-refractivity contribution in [2.24, 2.45) is 11.5 Å². The van der Waals surface area contributed by atoms with E-state index in [2.05, 4.69) is 23.5 Å². The summed E-state index contributed by atoms with van der Waals surface area (Å²) in [5, 5.41) is 3.37. The Labute approximate surface area is 84.5 Å². The molecule has 2 rings (SSSR count). The molecule has 3 nitrogen and oxygen atoms in total. The van der Waals surface area contributed by atoms with E-state index >= 15 is 0 Å². The van der Waals surface area contributed by atoms with E-state index in [0.29, 0.717) is 6.54 Å². The van der Waals surface area contributed by atoms with Crippen molar-refractivity contribution in [3.63, 3.8) is 0 Å². The van der Waals surface area contributed by atoms with Crippen molar-refractivity contribution in [3.8, 4) is 0 Å². The van der Waals surface area contributed by atoms with E-state index < -0.39 is 0 Å². The fourth-order valence-electron chi connectivity index (χ4n) is 1.86. The molecule has 3 heteroatoms. The lowest BCUT2D eigenvalue weighted by atomic mass is 9.98. The number of hydrogen-bond acceptors (Lipinski definition) is 3. The van der Waals surface area contributed by atoms with Crippen LogP contribution in [-0.2, 0) is 6.42 Å². The molecule has 1 aromatic carbocycles. The Kier molecular flexibility index (Phi) is 2.70. The second-order valence-corrected chi connectivity index (χ2v) is 3.79. The van der Waals surface area contributed by atoms with Crippen molar-refractivity contribution >= 4 is 5.69 Å². The molecule has 1 aromatic rings. The summed E-state index contributed by atoms with van der Waals surface area (Å²) in [7, 11) is 0. The van der Waals surface area contributed by atoms with Crippen LogP contribution in [0.5, 0.6) is 0 Å². The number of nitrogens with two attached hydrogens (primary N) is 2.